The first-order chi connectivity index (χ1) is 16.4. The summed E-state index contributed by atoms with van der Waals surface area (Å²) >= 11 is 0. The minimum absolute atomic E-state index is 0.00598. The molecule has 0 bridgehead atoms. The minimum atomic E-state index is -0.967. The van der Waals surface area contributed by atoms with Crippen LogP contribution in [0.25, 0.3) is 6.08 Å². The number of hydrogen-bond acceptors (Lipinski definition) is 6. The van der Waals surface area contributed by atoms with Crippen molar-refractivity contribution in [2.75, 3.05) is 11.5 Å². The number of anilines is 1. The number of barbiturate groups is 1. The van der Waals surface area contributed by atoms with Crippen LogP contribution in [0.5, 0.6) is 5.75 Å². The Morgan fingerprint density at radius 2 is 1.71 bits per heavy atom. The van der Waals surface area contributed by atoms with Gasteiger partial charge in [0.25, 0.3) is 17.5 Å². The molecule has 178 valence electrons. The predicted octanol–water partition coefficient (Wildman–Crippen LogP) is 5.00. The molecule has 9 nitrogen and oxygen atoms in total. The van der Waals surface area contributed by atoms with Crippen LogP contribution in [0.3, 0.4) is 0 Å². The molecule has 1 aliphatic rings. The third-order valence-corrected chi connectivity index (χ3v) is 5.36. The van der Waals surface area contributed by atoms with Crippen LogP contribution in [0.2, 0.25) is 0 Å². The lowest BCUT2D eigenvalue weighted by atomic mass is 10.1. The van der Waals surface area contributed by atoms with Crippen LogP contribution in [0.4, 0.5) is 16.2 Å². The van der Waals surface area contributed by atoms with Gasteiger partial charge < -0.3 is 4.74 Å². The van der Waals surface area contributed by atoms with Crippen molar-refractivity contribution in [2.24, 2.45) is 0 Å². The number of nitro groups is 1. The quantitative estimate of drug-likeness (QED) is 0.164. The second-order valence-corrected chi connectivity index (χ2v) is 7.92. The van der Waals surface area contributed by atoms with Gasteiger partial charge in [0.2, 0.25) is 0 Å². The maximum Gasteiger partial charge on any atom is 0.335 e. The SMILES string of the molecule is CCCCCCCCOc1ccc(C=C2C(=O)NC(=O)N(c3cccc([N+](=O)[O-])c3)C2=O)cc1. The van der Waals surface area contributed by atoms with E-state index in [1.165, 1.54) is 50.0 Å². The lowest BCUT2D eigenvalue weighted by Crippen LogP contribution is -2.54. The summed E-state index contributed by atoms with van der Waals surface area (Å²) < 4.78 is 5.74. The van der Waals surface area contributed by atoms with E-state index in [0.29, 0.717) is 22.8 Å². The maximum absolute atomic E-state index is 12.9. The Bertz CT molecular complexity index is 1090. The van der Waals surface area contributed by atoms with Gasteiger partial charge in [0.05, 0.1) is 17.2 Å². The van der Waals surface area contributed by atoms with E-state index < -0.39 is 22.8 Å². The van der Waals surface area contributed by atoms with E-state index in [2.05, 4.69) is 12.2 Å². The van der Waals surface area contributed by atoms with Crippen molar-refractivity contribution in [3.63, 3.8) is 0 Å². The summed E-state index contributed by atoms with van der Waals surface area (Å²) in [6.07, 6.45) is 8.40. The number of carbonyl (C=O) groups is 3. The number of unbranched alkanes of at least 4 members (excludes halogenated alkanes) is 5. The van der Waals surface area contributed by atoms with Gasteiger partial charge in [0, 0.05) is 12.1 Å². The van der Waals surface area contributed by atoms with E-state index in [9.17, 15) is 24.5 Å². The van der Waals surface area contributed by atoms with Crippen LogP contribution in [0.15, 0.2) is 54.1 Å². The molecule has 0 atom stereocenters. The number of nitro benzene ring substituents is 1. The van der Waals surface area contributed by atoms with E-state index in [4.69, 9.17) is 4.74 Å². The van der Waals surface area contributed by atoms with E-state index in [-0.39, 0.29) is 16.9 Å². The smallest absolute Gasteiger partial charge is 0.335 e. The first-order valence-electron chi connectivity index (χ1n) is 11.3. The molecular weight excluding hydrogens is 438 g/mol. The van der Waals surface area contributed by atoms with Gasteiger partial charge in [-0.25, -0.2) is 9.69 Å². The third kappa shape index (κ3) is 6.28. The Labute approximate surface area is 197 Å². The van der Waals surface area contributed by atoms with Crippen LogP contribution in [-0.2, 0) is 9.59 Å². The van der Waals surface area contributed by atoms with Crippen molar-refractivity contribution in [2.45, 2.75) is 45.4 Å². The van der Waals surface area contributed by atoms with Gasteiger partial charge in [-0.1, -0.05) is 57.2 Å². The largest absolute Gasteiger partial charge is 0.494 e. The fourth-order valence-electron chi connectivity index (χ4n) is 3.54. The number of ether oxygens (including phenoxy) is 1. The summed E-state index contributed by atoms with van der Waals surface area (Å²) in [5.74, 6) is -1.01. The van der Waals surface area contributed by atoms with Gasteiger partial charge in [-0.2, -0.15) is 0 Å². The molecule has 0 saturated carbocycles. The Balaban J connectivity index is 1.68. The molecule has 1 heterocycles. The molecule has 1 fully saturated rings. The van der Waals surface area contributed by atoms with Crippen molar-refractivity contribution in [1.82, 2.24) is 5.32 Å². The van der Waals surface area contributed by atoms with Crippen molar-refractivity contribution >= 4 is 35.3 Å². The fraction of sp³-hybridized carbons (Fsp3) is 0.320. The summed E-state index contributed by atoms with van der Waals surface area (Å²) in [7, 11) is 0. The molecule has 0 spiro atoms. The second kappa shape index (κ2) is 11.7. The van der Waals surface area contributed by atoms with E-state index in [0.717, 1.165) is 18.9 Å². The number of non-ortho nitro benzene ring substituents is 1. The number of benzene rings is 2. The zero-order valence-corrected chi connectivity index (χ0v) is 19.0. The zero-order valence-electron chi connectivity index (χ0n) is 19.0. The highest BCUT2D eigenvalue weighted by Crippen LogP contribution is 2.26. The maximum atomic E-state index is 12.9. The average molecular weight is 466 g/mol. The molecule has 34 heavy (non-hydrogen) atoms. The van der Waals surface area contributed by atoms with E-state index >= 15 is 0 Å². The highest BCUT2D eigenvalue weighted by molar-refractivity contribution is 6.39. The minimum Gasteiger partial charge on any atom is -0.494 e. The first kappa shape index (κ1) is 24.6. The first-order valence-corrected chi connectivity index (χ1v) is 11.3. The van der Waals surface area contributed by atoms with Crippen LogP contribution < -0.4 is 15.0 Å². The van der Waals surface area contributed by atoms with Crippen molar-refractivity contribution < 1.29 is 24.0 Å². The Morgan fingerprint density at radius 3 is 2.41 bits per heavy atom. The highest BCUT2D eigenvalue weighted by atomic mass is 16.6. The lowest BCUT2D eigenvalue weighted by molar-refractivity contribution is -0.384. The molecule has 0 aromatic heterocycles. The molecule has 3 rings (SSSR count). The molecule has 9 heteroatoms. The summed E-state index contributed by atoms with van der Waals surface area (Å²) in [5.41, 5.74) is 0.0243. The molecule has 0 radical (unpaired) electrons. The molecule has 0 aliphatic carbocycles. The number of rotatable bonds is 11. The molecular formula is C25H27N3O6. The zero-order chi connectivity index (χ0) is 24.5. The number of amides is 4. The normalized spacial score (nSPS) is 14.9. The van der Waals surface area contributed by atoms with Crippen molar-refractivity contribution in [3.05, 3.63) is 69.8 Å². The van der Waals surface area contributed by atoms with Crippen LogP contribution >= 0.6 is 0 Å². The molecule has 2 aromatic rings. The van der Waals surface area contributed by atoms with Gasteiger partial charge in [0.15, 0.2) is 0 Å². The average Bonchev–Trinajstić information content (AvgIpc) is 2.82. The highest BCUT2D eigenvalue weighted by Gasteiger charge is 2.37. The van der Waals surface area contributed by atoms with E-state index in [1.54, 1.807) is 24.3 Å². The van der Waals surface area contributed by atoms with Crippen LogP contribution in [0, 0.1) is 10.1 Å². The summed E-state index contributed by atoms with van der Waals surface area (Å²) in [6, 6.07) is 11.0. The molecule has 0 unspecified atom stereocenters. The number of hydrogen-bond donors (Lipinski definition) is 1. The molecule has 1 saturated heterocycles. The topological polar surface area (TPSA) is 119 Å². The fourth-order valence-corrected chi connectivity index (χ4v) is 3.54. The second-order valence-electron chi connectivity index (χ2n) is 7.92. The van der Waals surface area contributed by atoms with Gasteiger partial charge in [0.1, 0.15) is 11.3 Å². The Kier molecular flexibility index (Phi) is 8.50. The Morgan fingerprint density at radius 1 is 1.00 bits per heavy atom. The monoisotopic (exact) mass is 465 g/mol. The van der Waals surface area contributed by atoms with Crippen molar-refractivity contribution in [3.8, 4) is 5.75 Å². The predicted molar refractivity (Wildman–Crippen MR) is 127 cm³/mol. The number of nitrogens with zero attached hydrogens (tertiary/aromatic N) is 2. The van der Waals surface area contributed by atoms with Crippen molar-refractivity contribution in [1.29, 1.82) is 0 Å². The van der Waals surface area contributed by atoms with Crippen LogP contribution in [-0.4, -0.2) is 29.4 Å². The number of imide groups is 2. The third-order valence-electron chi connectivity index (χ3n) is 5.36. The molecule has 1 aliphatic heterocycles. The van der Waals surface area contributed by atoms with Gasteiger partial charge >= 0.3 is 6.03 Å². The summed E-state index contributed by atoms with van der Waals surface area (Å²) in [5, 5.41) is 13.2. The molecule has 4 amide bonds. The lowest BCUT2D eigenvalue weighted by Gasteiger charge is -2.26. The van der Waals surface area contributed by atoms with E-state index in [1.807, 2.05) is 0 Å². The van der Waals surface area contributed by atoms with Crippen LogP contribution in [0.1, 0.15) is 51.0 Å². The number of carbonyl (C=O) groups excluding carboxylic acids is 3. The molecule has 2 aromatic carbocycles. The number of urea groups is 1. The standard InChI is InChI=1S/C25H27N3O6/c1-2-3-4-5-6-7-15-34-21-13-11-18(12-14-21)16-22-23(29)26-25(31)27(24(22)30)19-9-8-10-20(17-19)28(32)33/h8-14,16-17H,2-7,15H2,1H3,(H,26,29,31). The summed E-state index contributed by atoms with van der Waals surface area (Å²) in [4.78, 5) is 48.7. The van der Waals surface area contributed by atoms with Gasteiger partial charge in [-0.3, -0.25) is 25.0 Å². The van der Waals surface area contributed by atoms with Gasteiger partial charge in [-0.05, 0) is 36.3 Å². The Hall–Kier alpha value is -4.01. The number of nitrogens with one attached hydrogen (secondary N) is 1. The van der Waals surface area contributed by atoms with Gasteiger partial charge in [-0.15, -0.1) is 0 Å². The molecule has 1 N–H and O–H groups in total. The summed E-state index contributed by atoms with van der Waals surface area (Å²) in [6.45, 7) is 2.81.